The van der Waals surface area contributed by atoms with Crippen molar-refractivity contribution >= 4 is 38.9 Å². The molecule has 2 aromatic rings. The number of amides is 1. The Morgan fingerprint density at radius 2 is 2.31 bits per heavy atom. The summed E-state index contributed by atoms with van der Waals surface area (Å²) in [5.41, 5.74) is 3.96. The van der Waals surface area contributed by atoms with Crippen LogP contribution in [-0.2, 0) is 11.2 Å². The zero-order valence-corrected chi connectivity index (χ0v) is 10.6. The number of fused-ring (bicyclic) bond motifs is 1. The van der Waals surface area contributed by atoms with Crippen molar-refractivity contribution in [2.24, 2.45) is 0 Å². The average Bonchev–Trinajstić information content (AvgIpc) is 2.81. The number of hydrogen-bond donors (Lipinski definition) is 1. The molecule has 0 atom stereocenters. The molecule has 1 amide bonds. The second-order valence-electron chi connectivity index (χ2n) is 3.58. The van der Waals surface area contributed by atoms with Gasteiger partial charge in [-0.05, 0) is 33.6 Å². The maximum atomic E-state index is 11.2. The molecule has 0 spiro atoms. The van der Waals surface area contributed by atoms with E-state index >= 15 is 0 Å². The monoisotopic (exact) mass is 294 g/mol. The van der Waals surface area contributed by atoms with E-state index < -0.39 is 0 Å². The van der Waals surface area contributed by atoms with Gasteiger partial charge in [0.2, 0.25) is 5.91 Å². The number of anilines is 1. The summed E-state index contributed by atoms with van der Waals surface area (Å²) in [4.78, 5) is 15.6. The van der Waals surface area contributed by atoms with E-state index in [2.05, 4.69) is 26.2 Å². The Bertz CT molecular complexity index is 579. The van der Waals surface area contributed by atoms with E-state index in [0.29, 0.717) is 6.42 Å². The van der Waals surface area contributed by atoms with E-state index in [4.69, 9.17) is 0 Å². The first kappa shape index (κ1) is 9.99. The first-order valence-corrected chi connectivity index (χ1v) is 6.44. The number of carbonyl (C=O) groups is 1. The van der Waals surface area contributed by atoms with Crippen molar-refractivity contribution in [3.05, 3.63) is 33.1 Å². The Morgan fingerprint density at radius 1 is 1.44 bits per heavy atom. The van der Waals surface area contributed by atoms with Crippen LogP contribution >= 0.6 is 27.3 Å². The van der Waals surface area contributed by atoms with Crippen molar-refractivity contribution in [2.45, 2.75) is 6.42 Å². The summed E-state index contributed by atoms with van der Waals surface area (Å²) in [6.07, 6.45) is 0.467. The number of aromatic nitrogens is 1. The van der Waals surface area contributed by atoms with E-state index in [-0.39, 0.29) is 5.91 Å². The summed E-state index contributed by atoms with van der Waals surface area (Å²) in [5, 5.41) is 4.81. The topological polar surface area (TPSA) is 42.0 Å². The van der Waals surface area contributed by atoms with Gasteiger partial charge in [0.25, 0.3) is 0 Å². The average molecular weight is 295 g/mol. The maximum absolute atomic E-state index is 11.2. The molecule has 1 aromatic heterocycles. The van der Waals surface area contributed by atoms with Crippen LogP contribution in [0.2, 0.25) is 0 Å². The minimum atomic E-state index is 0.0617. The van der Waals surface area contributed by atoms with Crippen LogP contribution in [0.1, 0.15) is 5.56 Å². The molecule has 0 radical (unpaired) electrons. The van der Waals surface area contributed by atoms with E-state index in [0.717, 1.165) is 26.4 Å². The lowest BCUT2D eigenvalue weighted by Gasteiger charge is -2.00. The van der Waals surface area contributed by atoms with Gasteiger partial charge in [-0.2, -0.15) is 0 Å². The van der Waals surface area contributed by atoms with E-state index in [1.54, 1.807) is 11.3 Å². The standard InChI is InChI=1S/C11H7BrN2OS/c12-11-14-9(5-16-11)6-1-2-8-7(3-6)4-10(15)13-8/h1-3,5H,4H2,(H,13,15). The molecule has 1 aliphatic heterocycles. The van der Waals surface area contributed by atoms with Crippen LogP contribution in [0.25, 0.3) is 11.3 Å². The fourth-order valence-corrected chi connectivity index (χ4v) is 2.79. The SMILES string of the molecule is O=C1Cc2cc(-c3csc(Br)n3)ccc2N1. The molecule has 0 bridgehead atoms. The first-order valence-electron chi connectivity index (χ1n) is 4.76. The third-order valence-corrected chi connectivity index (χ3v) is 3.87. The number of halogens is 1. The Balaban J connectivity index is 2.05. The summed E-state index contributed by atoms with van der Waals surface area (Å²) in [7, 11) is 0. The largest absolute Gasteiger partial charge is 0.326 e. The van der Waals surface area contributed by atoms with Crippen molar-refractivity contribution in [3.63, 3.8) is 0 Å². The van der Waals surface area contributed by atoms with Crippen LogP contribution in [0.15, 0.2) is 27.5 Å². The van der Waals surface area contributed by atoms with Crippen LogP contribution in [0.5, 0.6) is 0 Å². The highest BCUT2D eigenvalue weighted by Gasteiger charge is 2.18. The molecule has 2 heterocycles. The van der Waals surface area contributed by atoms with E-state index in [9.17, 15) is 4.79 Å². The van der Waals surface area contributed by atoms with Gasteiger partial charge >= 0.3 is 0 Å². The Labute approximate surface area is 105 Å². The minimum absolute atomic E-state index is 0.0617. The fraction of sp³-hybridized carbons (Fsp3) is 0.0909. The summed E-state index contributed by atoms with van der Waals surface area (Å²) >= 11 is 4.90. The molecule has 0 saturated carbocycles. The first-order chi connectivity index (χ1) is 7.72. The lowest BCUT2D eigenvalue weighted by Crippen LogP contribution is -2.03. The lowest BCUT2D eigenvalue weighted by molar-refractivity contribution is -0.115. The molecule has 1 aromatic carbocycles. The Morgan fingerprint density at radius 3 is 3.06 bits per heavy atom. The highest BCUT2D eigenvalue weighted by atomic mass is 79.9. The molecule has 0 unspecified atom stereocenters. The van der Waals surface area contributed by atoms with Gasteiger partial charge in [0, 0.05) is 16.6 Å². The molecular weight excluding hydrogens is 288 g/mol. The van der Waals surface area contributed by atoms with Gasteiger partial charge < -0.3 is 5.32 Å². The second-order valence-corrected chi connectivity index (χ2v) is 5.72. The molecule has 5 heteroatoms. The number of nitrogens with one attached hydrogen (secondary N) is 1. The summed E-state index contributed by atoms with van der Waals surface area (Å²) in [5.74, 6) is 0.0617. The van der Waals surface area contributed by atoms with Gasteiger partial charge in [-0.15, -0.1) is 11.3 Å². The molecule has 3 rings (SSSR count). The van der Waals surface area contributed by atoms with Gasteiger partial charge in [-0.25, -0.2) is 4.98 Å². The van der Waals surface area contributed by atoms with Crippen molar-refractivity contribution in [1.82, 2.24) is 4.98 Å². The molecule has 3 nitrogen and oxygen atoms in total. The molecule has 1 N–H and O–H groups in total. The van der Waals surface area contributed by atoms with Crippen LogP contribution in [0, 0.1) is 0 Å². The summed E-state index contributed by atoms with van der Waals surface area (Å²) in [6.45, 7) is 0. The highest BCUT2D eigenvalue weighted by molar-refractivity contribution is 9.11. The van der Waals surface area contributed by atoms with Crippen molar-refractivity contribution < 1.29 is 4.79 Å². The third kappa shape index (κ3) is 1.66. The van der Waals surface area contributed by atoms with Crippen molar-refractivity contribution in [2.75, 3.05) is 5.32 Å². The maximum Gasteiger partial charge on any atom is 0.228 e. The van der Waals surface area contributed by atoms with Gasteiger partial charge in [0.05, 0.1) is 12.1 Å². The van der Waals surface area contributed by atoms with Gasteiger partial charge in [0.15, 0.2) is 3.92 Å². The van der Waals surface area contributed by atoms with Crippen LogP contribution in [0.4, 0.5) is 5.69 Å². The number of carbonyl (C=O) groups excluding carboxylic acids is 1. The highest BCUT2D eigenvalue weighted by Crippen LogP contribution is 2.30. The molecule has 16 heavy (non-hydrogen) atoms. The number of nitrogens with zero attached hydrogens (tertiary/aromatic N) is 1. The normalized spacial score (nSPS) is 13.7. The molecule has 0 aliphatic carbocycles. The predicted octanol–water partition coefficient (Wildman–Crippen LogP) is 3.07. The summed E-state index contributed by atoms with van der Waals surface area (Å²) in [6, 6.07) is 5.93. The summed E-state index contributed by atoms with van der Waals surface area (Å²) < 4.78 is 0.872. The van der Waals surface area contributed by atoms with Gasteiger partial charge in [0.1, 0.15) is 0 Å². The molecule has 80 valence electrons. The predicted molar refractivity (Wildman–Crippen MR) is 67.6 cm³/mol. The molecule has 0 saturated heterocycles. The molecule has 0 fully saturated rings. The second kappa shape index (κ2) is 3.68. The number of rotatable bonds is 1. The molecular formula is C11H7BrN2OS. The van der Waals surface area contributed by atoms with Gasteiger partial charge in [-0.1, -0.05) is 6.07 Å². The van der Waals surface area contributed by atoms with Gasteiger partial charge in [-0.3, -0.25) is 4.79 Å². The van der Waals surface area contributed by atoms with E-state index in [1.807, 2.05) is 23.6 Å². The van der Waals surface area contributed by atoms with Crippen LogP contribution in [0.3, 0.4) is 0 Å². The number of thiazole rings is 1. The minimum Gasteiger partial charge on any atom is -0.326 e. The Hall–Kier alpha value is -1.20. The van der Waals surface area contributed by atoms with Crippen LogP contribution in [-0.4, -0.2) is 10.9 Å². The quantitative estimate of drug-likeness (QED) is 0.878. The smallest absolute Gasteiger partial charge is 0.228 e. The fourth-order valence-electron chi connectivity index (χ4n) is 1.77. The zero-order valence-electron chi connectivity index (χ0n) is 8.16. The number of benzene rings is 1. The van der Waals surface area contributed by atoms with E-state index in [1.165, 1.54) is 0 Å². The lowest BCUT2D eigenvalue weighted by atomic mass is 10.1. The van der Waals surface area contributed by atoms with Crippen molar-refractivity contribution in [3.8, 4) is 11.3 Å². The van der Waals surface area contributed by atoms with Crippen LogP contribution < -0.4 is 5.32 Å². The number of hydrogen-bond acceptors (Lipinski definition) is 3. The molecule has 1 aliphatic rings. The zero-order chi connectivity index (χ0) is 11.1. The van der Waals surface area contributed by atoms with Crippen molar-refractivity contribution in [1.29, 1.82) is 0 Å². The Kier molecular flexibility index (Phi) is 2.29. The third-order valence-electron chi connectivity index (χ3n) is 2.50.